The average molecular weight is 971 g/mol. The molecule has 0 radical (unpaired) electrons. The molecule has 4 aliphatic heterocycles. The lowest BCUT2D eigenvalue weighted by atomic mass is 9.99. The fraction of sp³-hybridized carbons (Fsp3) is 0.214. The van der Waals surface area contributed by atoms with E-state index in [1.807, 2.05) is 121 Å². The summed E-state index contributed by atoms with van der Waals surface area (Å²) < 4.78 is 23.7. The maximum Gasteiger partial charge on any atom is 0.229 e. The van der Waals surface area contributed by atoms with Crippen LogP contribution in [-0.4, -0.2) is 135 Å². The lowest BCUT2D eigenvalue weighted by molar-refractivity contribution is -0.277. The van der Waals surface area contributed by atoms with E-state index in [-0.39, 0.29) is 11.5 Å². The second kappa shape index (κ2) is 19.7. The van der Waals surface area contributed by atoms with Crippen LogP contribution in [-0.2, 0) is 9.47 Å². The van der Waals surface area contributed by atoms with Gasteiger partial charge in [0.1, 0.15) is 60.3 Å². The first-order chi connectivity index (χ1) is 35.1. The molecule has 4 aliphatic rings. The lowest BCUT2D eigenvalue weighted by Crippen LogP contribution is -2.60. The van der Waals surface area contributed by atoms with Gasteiger partial charge in [-0.25, -0.2) is 9.97 Å². The maximum absolute atomic E-state index is 10.9. The average Bonchev–Trinajstić information content (AvgIpc) is 4.26. The van der Waals surface area contributed by atoms with Crippen molar-refractivity contribution in [2.45, 2.75) is 61.4 Å². The van der Waals surface area contributed by atoms with E-state index in [0.29, 0.717) is 56.1 Å². The summed E-state index contributed by atoms with van der Waals surface area (Å²) in [5, 5.41) is 83.3. The summed E-state index contributed by atoms with van der Waals surface area (Å²) in [5.74, 6) is 0.571. The molecule has 11 rings (SSSR count). The molecule has 16 nitrogen and oxygen atoms in total. The fourth-order valence-electron chi connectivity index (χ4n) is 9.68. The molecule has 7 aromatic rings. The predicted octanol–water partition coefficient (Wildman–Crippen LogP) is 5.68. The molecule has 0 spiro atoms. The van der Waals surface area contributed by atoms with Crippen molar-refractivity contribution in [3.63, 3.8) is 0 Å². The molecule has 366 valence electrons. The Balaban J connectivity index is 1.13. The first-order valence-electron chi connectivity index (χ1n) is 23.5. The van der Waals surface area contributed by atoms with Crippen LogP contribution in [0.5, 0.6) is 11.5 Å². The molecule has 7 heterocycles. The third-order valence-electron chi connectivity index (χ3n) is 13.3. The fourth-order valence-corrected chi connectivity index (χ4v) is 9.68. The van der Waals surface area contributed by atoms with E-state index in [2.05, 4.69) is 9.97 Å². The Morgan fingerprint density at radius 2 is 0.722 bits per heavy atom. The minimum atomic E-state index is -1.62. The van der Waals surface area contributed by atoms with Crippen molar-refractivity contribution < 1.29 is 59.8 Å². The normalized spacial score (nSPS) is 24.8. The molecule has 0 aliphatic carbocycles. The standard InChI is InChI=1S/C56H50N4O12/c61-27-43-49(63)51(65)53(67)55(71-43)69-33-15-7-13-31(25-33)47-39-21-17-35(57-39)45(29-9-3-1-4-10-29)36-18-22-40(58-36)48(32-14-8-16-34(26-32)70-56-54(68)52(66)50(64)44(28-62)72-56)42-24-20-38(60-42)46(30-11-5-2-6-12-30)37-19-23-41(47)59-37/h1-26,43-44,49-57,60-68H,27-28H2/t43-,44?,49?,50-,51?,52?,53-,54?,55?,56-/m1/s1. The van der Waals surface area contributed by atoms with Gasteiger partial charge in [-0.2, -0.15) is 0 Å². The third-order valence-corrected chi connectivity index (χ3v) is 13.3. The highest BCUT2D eigenvalue weighted by atomic mass is 16.7. The van der Waals surface area contributed by atoms with Gasteiger partial charge >= 0.3 is 0 Å². The van der Waals surface area contributed by atoms with E-state index in [1.165, 1.54) is 0 Å². The van der Waals surface area contributed by atoms with Gasteiger partial charge in [-0.3, -0.25) is 0 Å². The van der Waals surface area contributed by atoms with Gasteiger partial charge in [-0.15, -0.1) is 0 Å². The summed E-state index contributed by atoms with van der Waals surface area (Å²) in [5.41, 5.74) is 11.7. The van der Waals surface area contributed by atoms with Crippen molar-refractivity contribution in [3.8, 4) is 56.0 Å². The summed E-state index contributed by atoms with van der Waals surface area (Å²) in [6.07, 6.45) is -6.81. The highest BCUT2D eigenvalue weighted by Crippen LogP contribution is 2.40. The zero-order chi connectivity index (χ0) is 49.6. The number of hydrogen-bond donors (Lipinski definition) is 10. The highest BCUT2D eigenvalue weighted by molar-refractivity contribution is 6.00. The molecule has 2 saturated heterocycles. The summed E-state index contributed by atoms with van der Waals surface area (Å²) in [7, 11) is 0. The molecule has 6 unspecified atom stereocenters. The van der Waals surface area contributed by atoms with Gasteiger partial charge in [0.05, 0.1) is 36.0 Å². The predicted molar refractivity (Wildman–Crippen MR) is 269 cm³/mol. The molecule has 10 atom stereocenters. The van der Waals surface area contributed by atoms with Crippen LogP contribution >= 0.6 is 0 Å². The van der Waals surface area contributed by atoms with Gasteiger partial charge in [-0.1, -0.05) is 84.9 Å². The second-order valence-corrected chi connectivity index (χ2v) is 17.9. The number of H-pyrrole nitrogens is 2. The van der Waals surface area contributed by atoms with Crippen LogP contribution in [0.25, 0.3) is 90.9 Å². The number of aromatic amines is 2. The van der Waals surface area contributed by atoms with Crippen LogP contribution in [0.3, 0.4) is 0 Å². The lowest BCUT2D eigenvalue weighted by Gasteiger charge is -2.39. The van der Waals surface area contributed by atoms with E-state index in [1.54, 1.807) is 36.4 Å². The zero-order valence-corrected chi connectivity index (χ0v) is 38.3. The Morgan fingerprint density at radius 1 is 0.389 bits per heavy atom. The summed E-state index contributed by atoms with van der Waals surface area (Å²) in [6, 6.07) is 42.1. The van der Waals surface area contributed by atoms with Crippen molar-refractivity contribution >= 4 is 46.4 Å². The van der Waals surface area contributed by atoms with Gasteiger partial charge in [0.2, 0.25) is 12.6 Å². The number of nitrogens with one attached hydrogen (secondary N) is 2. The summed E-state index contributed by atoms with van der Waals surface area (Å²) >= 11 is 0. The van der Waals surface area contributed by atoms with Crippen LogP contribution in [0, 0.1) is 0 Å². The first-order valence-corrected chi connectivity index (χ1v) is 23.5. The molecular weight excluding hydrogens is 921 g/mol. The van der Waals surface area contributed by atoms with E-state index >= 15 is 0 Å². The van der Waals surface area contributed by atoms with Gasteiger partial charge < -0.3 is 69.8 Å². The number of fused-ring (bicyclic) bond motifs is 8. The molecule has 72 heavy (non-hydrogen) atoms. The summed E-state index contributed by atoms with van der Waals surface area (Å²) in [4.78, 5) is 18.1. The summed E-state index contributed by atoms with van der Waals surface area (Å²) in [6.45, 7) is -1.20. The molecule has 0 saturated carbocycles. The molecule has 2 fully saturated rings. The number of aromatic nitrogens is 4. The minimum absolute atomic E-state index is 0.286. The molecular formula is C56H50N4O12. The van der Waals surface area contributed by atoms with E-state index in [4.69, 9.17) is 28.9 Å². The monoisotopic (exact) mass is 970 g/mol. The van der Waals surface area contributed by atoms with Gasteiger partial charge in [0, 0.05) is 44.3 Å². The molecule has 16 heteroatoms. The van der Waals surface area contributed by atoms with Crippen LogP contribution in [0.1, 0.15) is 22.8 Å². The third kappa shape index (κ3) is 8.79. The van der Waals surface area contributed by atoms with E-state index < -0.39 is 74.6 Å². The number of nitrogens with zero attached hydrogens (tertiary/aromatic N) is 2. The Bertz CT molecular complexity index is 3130. The van der Waals surface area contributed by atoms with Crippen molar-refractivity contribution in [2.24, 2.45) is 0 Å². The quantitative estimate of drug-likeness (QED) is 0.0792. The Kier molecular flexibility index (Phi) is 12.9. The molecule has 8 bridgehead atoms. The second-order valence-electron chi connectivity index (χ2n) is 17.9. The Morgan fingerprint density at radius 3 is 1.07 bits per heavy atom. The van der Waals surface area contributed by atoms with Crippen LogP contribution in [0.15, 0.2) is 133 Å². The van der Waals surface area contributed by atoms with Crippen LogP contribution < -0.4 is 9.47 Å². The van der Waals surface area contributed by atoms with Crippen LogP contribution in [0.4, 0.5) is 0 Å². The number of ether oxygens (including phenoxy) is 4. The number of benzene rings is 4. The van der Waals surface area contributed by atoms with Crippen LogP contribution in [0.2, 0.25) is 0 Å². The van der Waals surface area contributed by atoms with Crippen molar-refractivity contribution in [1.82, 2.24) is 19.9 Å². The highest BCUT2D eigenvalue weighted by Gasteiger charge is 2.46. The van der Waals surface area contributed by atoms with Gasteiger partial charge in [-0.05, 0) is 95.1 Å². The zero-order valence-electron chi connectivity index (χ0n) is 38.3. The molecule has 4 aromatic carbocycles. The number of rotatable bonds is 10. The Labute approximate surface area is 411 Å². The molecule has 3 aromatic heterocycles. The van der Waals surface area contributed by atoms with E-state index in [0.717, 1.165) is 33.3 Å². The number of aliphatic hydroxyl groups excluding tert-OH is 8. The van der Waals surface area contributed by atoms with E-state index in [9.17, 15) is 40.9 Å². The topological polar surface area (TPSA) is 256 Å². The largest absolute Gasteiger partial charge is 0.462 e. The van der Waals surface area contributed by atoms with Crippen molar-refractivity contribution in [2.75, 3.05) is 13.2 Å². The molecule has 10 N–H and O–H groups in total. The Hall–Kier alpha value is -7.32. The van der Waals surface area contributed by atoms with Crippen molar-refractivity contribution in [3.05, 3.63) is 156 Å². The number of hydrogen-bond acceptors (Lipinski definition) is 14. The van der Waals surface area contributed by atoms with Gasteiger partial charge in [0.25, 0.3) is 0 Å². The molecule has 0 amide bonds. The smallest absolute Gasteiger partial charge is 0.229 e. The van der Waals surface area contributed by atoms with Gasteiger partial charge in [0.15, 0.2) is 0 Å². The maximum atomic E-state index is 10.9. The SMILES string of the molecule is OCC1O[C@@H](Oc2cccc(-c3c4nc(c(-c5ccccc5)c5ccc([nH]5)c(-c5cccc(OC6O[C@H](CO)C(O)C(O)[C@H]6O)c5)c5nc(c(-c6ccccc6)c6ccc3[nH]6)C=C5)C=C4)c2)C(O)C(O)[C@@H]1O. The number of aliphatic hydroxyl groups is 8. The first kappa shape index (κ1) is 47.0. The van der Waals surface area contributed by atoms with Crippen molar-refractivity contribution in [1.29, 1.82) is 0 Å². The minimum Gasteiger partial charge on any atom is -0.462 e.